The Bertz CT molecular complexity index is 266. The van der Waals surface area contributed by atoms with Crippen LogP contribution in [0.4, 0.5) is 5.69 Å². The highest BCUT2D eigenvalue weighted by Gasteiger charge is 1.83. The van der Waals surface area contributed by atoms with Crippen LogP contribution >= 0.6 is 0 Å². The van der Waals surface area contributed by atoms with Crippen molar-refractivity contribution in [1.82, 2.24) is 0 Å². The summed E-state index contributed by atoms with van der Waals surface area (Å²) in [5.74, 6) is 2.99. The molecule has 0 atom stereocenters. The van der Waals surface area contributed by atoms with Crippen LogP contribution < -0.4 is 5.73 Å². The highest BCUT2D eigenvalue weighted by Crippen LogP contribution is 2.02. The van der Waals surface area contributed by atoms with E-state index in [1.54, 1.807) is 0 Å². The van der Waals surface area contributed by atoms with Gasteiger partial charge in [-0.1, -0.05) is 5.92 Å². The van der Waals surface area contributed by atoms with Gasteiger partial charge in [0, 0.05) is 11.3 Å². The van der Waals surface area contributed by atoms with Crippen molar-refractivity contribution in [3.63, 3.8) is 0 Å². The van der Waals surface area contributed by atoms with Gasteiger partial charge >= 0.3 is 0 Å². The third-order valence-electron chi connectivity index (χ3n) is 1.18. The second-order valence-electron chi connectivity index (χ2n) is 2.00. The Morgan fingerprint density at radius 1 is 1.20 bits per heavy atom. The van der Waals surface area contributed by atoms with Gasteiger partial charge in [0.2, 0.25) is 0 Å². The van der Waals surface area contributed by atoms with E-state index in [1.807, 2.05) is 24.3 Å². The topological polar surface area (TPSA) is 26.0 Å². The molecule has 0 saturated heterocycles. The quantitative estimate of drug-likeness (QED) is 0.311. The van der Waals surface area contributed by atoms with Gasteiger partial charge < -0.3 is 5.73 Å². The monoisotopic (exact) mass is 147 g/mol. The predicted molar refractivity (Wildman–Crippen MR) is 47.7 cm³/mol. The number of benzene rings is 1. The first-order valence-electron chi connectivity index (χ1n) is 3.11. The number of nitrogens with two attached hydrogens (primary N) is 1. The molecule has 0 fully saturated rings. The third-order valence-corrected chi connectivity index (χ3v) is 1.43. The zero-order chi connectivity index (χ0) is 7.40. The normalized spacial score (nSPS) is 8.40. The highest BCUT2D eigenvalue weighted by molar-refractivity contribution is 6.22. The van der Waals surface area contributed by atoms with E-state index in [1.165, 1.54) is 0 Å². The lowest BCUT2D eigenvalue weighted by atomic mass is 10.2. The Hall–Kier alpha value is -1.20. The zero-order valence-corrected chi connectivity index (χ0v) is 7.89. The maximum Gasteiger partial charge on any atom is 0.0911 e. The molecule has 0 bridgehead atoms. The van der Waals surface area contributed by atoms with Crippen LogP contribution in [0.5, 0.6) is 0 Å². The van der Waals surface area contributed by atoms with E-state index in [0.29, 0.717) is 0 Å². The van der Waals surface area contributed by atoms with Crippen LogP contribution in [0.15, 0.2) is 24.3 Å². The van der Waals surface area contributed by atoms with Crippen LogP contribution in [0.1, 0.15) is 5.56 Å². The first-order chi connectivity index (χ1) is 4.83. The van der Waals surface area contributed by atoms with Crippen LogP contribution in [-0.2, 0) is 0 Å². The smallest absolute Gasteiger partial charge is 0.0911 e. The van der Waals surface area contributed by atoms with Crippen LogP contribution in [-0.4, -0.2) is 10.2 Å². The Morgan fingerprint density at radius 2 is 1.80 bits per heavy atom. The zero-order valence-electron chi connectivity index (χ0n) is 5.89. The van der Waals surface area contributed by atoms with E-state index < -0.39 is 0 Å². The van der Waals surface area contributed by atoms with Gasteiger partial charge in [0.1, 0.15) is 0 Å². The Balaban J connectivity index is 2.97. The van der Waals surface area contributed by atoms with E-state index in [4.69, 9.17) is 5.73 Å². The van der Waals surface area contributed by atoms with E-state index in [9.17, 15) is 0 Å². The van der Waals surface area contributed by atoms with Gasteiger partial charge in [0.15, 0.2) is 0 Å². The van der Waals surface area contributed by atoms with Gasteiger partial charge in [-0.3, -0.25) is 0 Å². The molecule has 1 nitrogen and oxygen atoms in total. The Kier molecular flexibility index (Phi) is 2.14. The molecule has 1 aromatic carbocycles. The molecule has 0 heterocycles. The number of hydrogen-bond acceptors (Lipinski definition) is 1. The van der Waals surface area contributed by atoms with Crippen molar-refractivity contribution in [2.75, 3.05) is 5.73 Å². The molecule has 50 valence electrons. The summed E-state index contributed by atoms with van der Waals surface area (Å²) in [6.07, 6.45) is 0. The van der Waals surface area contributed by atoms with Crippen molar-refractivity contribution in [2.45, 2.75) is 0 Å². The fourth-order valence-corrected chi connectivity index (χ4v) is 0.999. The second-order valence-corrected chi connectivity index (χ2v) is 2.50. The van der Waals surface area contributed by atoms with Crippen LogP contribution in [0.25, 0.3) is 0 Å². The summed E-state index contributed by atoms with van der Waals surface area (Å²) in [7, 11) is 0.930. The van der Waals surface area contributed by atoms with E-state index >= 15 is 0 Å². The molecule has 0 aliphatic heterocycles. The molecule has 0 spiro atoms. The molecule has 2 N–H and O–H groups in total. The summed E-state index contributed by atoms with van der Waals surface area (Å²) in [4.78, 5) is 0. The summed E-state index contributed by atoms with van der Waals surface area (Å²) < 4.78 is 0. The van der Waals surface area contributed by atoms with Crippen LogP contribution in [0.3, 0.4) is 0 Å². The largest absolute Gasteiger partial charge is 0.399 e. The summed E-state index contributed by atoms with van der Waals surface area (Å²) in [6, 6.07) is 7.59. The predicted octanol–water partition coefficient (Wildman–Crippen LogP) is -0.0568. The lowest BCUT2D eigenvalue weighted by Crippen LogP contribution is -1.82. The molecular formula is C8H9NSi. The van der Waals surface area contributed by atoms with Gasteiger partial charge in [-0.25, -0.2) is 0 Å². The van der Waals surface area contributed by atoms with Gasteiger partial charge in [0.25, 0.3) is 0 Å². The minimum atomic E-state index is 0.791. The molecule has 0 unspecified atom stereocenters. The molecule has 1 rings (SSSR count). The molecule has 2 heteroatoms. The third kappa shape index (κ3) is 1.64. The minimum Gasteiger partial charge on any atom is -0.399 e. The molecule has 0 aliphatic carbocycles. The number of hydrogen-bond donors (Lipinski definition) is 1. The van der Waals surface area contributed by atoms with Gasteiger partial charge in [0.05, 0.1) is 10.2 Å². The minimum absolute atomic E-state index is 0.791. The van der Waals surface area contributed by atoms with Crippen molar-refractivity contribution in [1.29, 1.82) is 0 Å². The second kappa shape index (κ2) is 3.09. The SMILES string of the molecule is Nc1ccc(C#C[SiH3])cc1. The van der Waals surface area contributed by atoms with Crippen LogP contribution in [0.2, 0.25) is 0 Å². The highest BCUT2D eigenvalue weighted by atomic mass is 28.1. The first-order valence-corrected chi connectivity index (χ1v) is 4.11. The standard InChI is InChI=1S/C8H9NSi/c9-8-3-1-7(2-4-8)5-6-10/h1-4H,9H2,10H3. The lowest BCUT2D eigenvalue weighted by molar-refractivity contribution is 1.64. The average molecular weight is 147 g/mol. The van der Waals surface area contributed by atoms with Crippen molar-refractivity contribution >= 4 is 15.9 Å². The van der Waals surface area contributed by atoms with Crippen molar-refractivity contribution in [3.05, 3.63) is 29.8 Å². The van der Waals surface area contributed by atoms with E-state index in [-0.39, 0.29) is 0 Å². The average Bonchev–Trinajstić information content (AvgIpc) is 1.95. The maximum atomic E-state index is 5.48. The summed E-state index contributed by atoms with van der Waals surface area (Å²) >= 11 is 0. The molecule has 0 aliphatic rings. The van der Waals surface area contributed by atoms with E-state index in [0.717, 1.165) is 21.5 Å². The lowest BCUT2D eigenvalue weighted by Gasteiger charge is -1.90. The van der Waals surface area contributed by atoms with Gasteiger partial charge in [-0.15, -0.1) is 5.54 Å². The fourth-order valence-electron chi connectivity index (χ4n) is 0.711. The van der Waals surface area contributed by atoms with Gasteiger partial charge in [-0.2, -0.15) is 0 Å². The summed E-state index contributed by atoms with van der Waals surface area (Å²) in [6.45, 7) is 0. The molecule has 0 aromatic heterocycles. The molecule has 10 heavy (non-hydrogen) atoms. The molecule has 0 amide bonds. The van der Waals surface area contributed by atoms with E-state index in [2.05, 4.69) is 11.5 Å². The number of anilines is 1. The van der Waals surface area contributed by atoms with Crippen molar-refractivity contribution in [2.24, 2.45) is 0 Å². The van der Waals surface area contributed by atoms with Crippen molar-refractivity contribution in [3.8, 4) is 11.5 Å². The summed E-state index contributed by atoms with van der Waals surface area (Å²) in [5.41, 5.74) is 10.3. The fraction of sp³-hybridized carbons (Fsp3) is 0. The number of rotatable bonds is 0. The van der Waals surface area contributed by atoms with Crippen molar-refractivity contribution < 1.29 is 0 Å². The number of nitrogen functional groups attached to an aromatic ring is 1. The molecular weight excluding hydrogens is 138 g/mol. The molecule has 0 saturated carbocycles. The maximum absolute atomic E-state index is 5.48. The summed E-state index contributed by atoms with van der Waals surface area (Å²) in [5, 5.41) is 0. The Morgan fingerprint density at radius 3 is 2.30 bits per heavy atom. The Labute approximate surface area is 63.7 Å². The molecule has 1 aromatic rings. The molecule has 0 radical (unpaired) electrons. The first kappa shape index (κ1) is 6.91. The van der Waals surface area contributed by atoms with Gasteiger partial charge in [-0.05, 0) is 24.3 Å². The van der Waals surface area contributed by atoms with Crippen LogP contribution in [0, 0.1) is 11.5 Å².